The molecule has 2 saturated carbocycles. The molecule has 1 aliphatic heterocycles. The molecule has 0 aromatic heterocycles. The van der Waals surface area contributed by atoms with E-state index in [0.29, 0.717) is 30.2 Å². The summed E-state index contributed by atoms with van der Waals surface area (Å²) in [6.07, 6.45) is 9.23. The molecule has 0 radical (unpaired) electrons. The summed E-state index contributed by atoms with van der Waals surface area (Å²) in [6.45, 7) is 3.72. The topological polar surface area (TPSA) is 49.4 Å². The van der Waals surface area contributed by atoms with E-state index in [1.807, 2.05) is 6.07 Å². The predicted molar refractivity (Wildman–Crippen MR) is 111 cm³/mol. The molecule has 4 nitrogen and oxygen atoms in total. The predicted octanol–water partition coefficient (Wildman–Crippen LogP) is 4.04. The fourth-order valence-corrected chi connectivity index (χ4v) is 5.29. The molecule has 2 amide bonds. The van der Waals surface area contributed by atoms with Crippen LogP contribution < -0.4 is 5.32 Å². The van der Waals surface area contributed by atoms with E-state index >= 15 is 0 Å². The Hall–Kier alpha value is -1.84. The molecule has 4 rings (SSSR count). The zero-order valence-electron chi connectivity index (χ0n) is 17.2. The van der Waals surface area contributed by atoms with Crippen molar-refractivity contribution in [1.29, 1.82) is 0 Å². The van der Waals surface area contributed by atoms with E-state index in [-0.39, 0.29) is 11.3 Å². The highest BCUT2D eigenvalue weighted by atomic mass is 16.2. The zero-order chi connectivity index (χ0) is 19.6. The Bertz CT molecular complexity index is 684. The van der Waals surface area contributed by atoms with Crippen LogP contribution in [0.5, 0.6) is 0 Å². The number of piperidine rings is 1. The van der Waals surface area contributed by atoms with E-state index in [2.05, 4.69) is 41.4 Å². The maximum absolute atomic E-state index is 13.5. The van der Waals surface area contributed by atoms with E-state index in [9.17, 15) is 9.59 Å². The molecule has 4 heteroatoms. The SMILES string of the molecule is C[C@@H](NC(=O)CC1CCN(C(=O)C2(c3ccccc3)CCCC2)CC1)C1CC1. The second kappa shape index (κ2) is 8.26. The Labute approximate surface area is 169 Å². The van der Waals surface area contributed by atoms with Gasteiger partial charge in [-0.3, -0.25) is 9.59 Å². The van der Waals surface area contributed by atoms with Crippen LogP contribution in [-0.2, 0) is 15.0 Å². The van der Waals surface area contributed by atoms with E-state index in [1.165, 1.54) is 18.4 Å². The minimum atomic E-state index is -0.314. The van der Waals surface area contributed by atoms with Crippen LogP contribution in [0.3, 0.4) is 0 Å². The number of hydrogen-bond donors (Lipinski definition) is 1. The fourth-order valence-electron chi connectivity index (χ4n) is 5.29. The van der Waals surface area contributed by atoms with Gasteiger partial charge < -0.3 is 10.2 Å². The second-order valence-corrected chi connectivity index (χ2v) is 9.29. The number of nitrogens with one attached hydrogen (secondary N) is 1. The van der Waals surface area contributed by atoms with Gasteiger partial charge in [0.25, 0.3) is 0 Å². The summed E-state index contributed by atoms with van der Waals surface area (Å²) >= 11 is 0. The molecule has 28 heavy (non-hydrogen) atoms. The molecule has 2 aliphatic carbocycles. The maximum atomic E-state index is 13.5. The van der Waals surface area contributed by atoms with E-state index in [1.54, 1.807) is 0 Å². The number of rotatable bonds is 6. The van der Waals surface area contributed by atoms with Crippen molar-refractivity contribution in [3.8, 4) is 0 Å². The van der Waals surface area contributed by atoms with Gasteiger partial charge in [0.15, 0.2) is 0 Å². The molecule has 1 saturated heterocycles. The van der Waals surface area contributed by atoms with Crippen molar-refractivity contribution in [3.05, 3.63) is 35.9 Å². The average Bonchev–Trinajstić information content (AvgIpc) is 3.46. The first-order valence-corrected chi connectivity index (χ1v) is 11.2. The number of likely N-dealkylation sites (tertiary alicyclic amines) is 1. The van der Waals surface area contributed by atoms with Crippen molar-refractivity contribution in [1.82, 2.24) is 10.2 Å². The van der Waals surface area contributed by atoms with Crippen LogP contribution in [0, 0.1) is 11.8 Å². The maximum Gasteiger partial charge on any atom is 0.233 e. The minimum absolute atomic E-state index is 0.195. The molecular weight excluding hydrogens is 348 g/mol. The normalized spacial score (nSPS) is 23.4. The smallest absolute Gasteiger partial charge is 0.233 e. The standard InChI is InChI=1S/C24H34N2O2/c1-18(20-9-10-20)25-22(27)17-19-11-15-26(16-12-19)23(28)24(13-5-6-14-24)21-7-3-2-4-8-21/h2-4,7-8,18-20H,5-6,9-17H2,1H3,(H,25,27)/t18-/m1/s1. The largest absolute Gasteiger partial charge is 0.353 e. The summed E-state index contributed by atoms with van der Waals surface area (Å²) in [5, 5.41) is 3.18. The van der Waals surface area contributed by atoms with Crippen LogP contribution >= 0.6 is 0 Å². The van der Waals surface area contributed by atoms with Crippen molar-refractivity contribution in [3.63, 3.8) is 0 Å². The summed E-state index contributed by atoms with van der Waals surface area (Å²) in [6, 6.07) is 10.7. The Kier molecular flexibility index (Phi) is 5.75. The molecule has 152 valence electrons. The van der Waals surface area contributed by atoms with Gasteiger partial charge in [0.05, 0.1) is 5.41 Å². The number of carbonyl (C=O) groups is 2. The number of amides is 2. The lowest BCUT2D eigenvalue weighted by molar-refractivity contribution is -0.139. The highest BCUT2D eigenvalue weighted by molar-refractivity contribution is 5.88. The Morgan fingerprint density at radius 1 is 1.07 bits per heavy atom. The number of hydrogen-bond acceptors (Lipinski definition) is 2. The van der Waals surface area contributed by atoms with Gasteiger partial charge in [0, 0.05) is 25.6 Å². The van der Waals surface area contributed by atoms with Crippen LogP contribution in [0.4, 0.5) is 0 Å². The molecule has 1 heterocycles. The van der Waals surface area contributed by atoms with Crippen molar-refractivity contribution >= 4 is 11.8 Å². The summed E-state index contributed by atoms with van der Waals surface area (Å²) in [5.74, 6) is 1.62. The summed E-state index contributed by atoms with van der Waals surface area (Å²) < 4.78 is 0. The number of nitrogens with zero attached hydrogens (tertiary/aromatic N) is 1. The third kappa shape index (κ3) is 4.11. The quantitative estimate of drug-likeness (QED) is 0.807. The van der Waals surface area contributed by atoms with E-state index in [4.69, 9.17) is 0 Å². The molecule has 1 N–H and O–H groups in total. The lowest BCUT2D eigenvalue weighted by Gasteiger charge is -2.38. The number of benzene rings is 1. The second-order valence-electron chi connectivity index (χ2n) is 9.29. The van der Waals surface area contributed by atoms with Crippen molar-refractivity contribution in [2.24, 2.45) is 11.8 Å². The van der Waals surface area contributed by atoms with Crippen LogP contribution in [0.15, 0.2) is 30.3 Å². The summed E-state index contributed by atoms with van der Waals surface area (Å²) in [5.41, 5.74) is 0.874. The molecule has 1 aromatic rings. The van der Waals surface area contributed by atoms with Gasteiger partial charge in [-0.15, -0.1) is 0 Å². The third-order valence-electron chi connectivity index (χ3n) is 7.29. The van der Waals surface area contributed by atoms with Gasteiger partial charge in [0.2, 0.25) is 11.8 Å². The van der Waals surface area contributed by atoms with Gasteiger partial charge in [-0.2, -0.15) is 0 Å². The molecule has 0 unspecified atom stereocenters. The van der Waals surface area contributed by atoms with E-state index < -0.39 is 0 Å². The molecule has 0 bridgehead atoms. The van der Waals surface area contributed by atoms with Crippen molar-refractivity contribution < 1.29 is 9.59 Å². The number of carbonyl (C=O) groups excluding carboxylic acids is 2. The molecule has 3 aliphatic rings. The Balaban J connectivity index is 1.32. The van der Waals surface area contributed by atoms with Crippen LogP contribution in [0.25, 0.3) is 0 Å². The van der Waals surface area contributed by atoms with Crippen molar-refractivity contribution in [2.75, 3.05) is 13.1 Å². The monoisotopic (exact) mass is 382 g/mol. The van der Waals surface area contributed by atoms with Gasteiger partial charge in [0.1, 0.15) is 0 Å². The van der Waals surface area contributed by atoms with Crippen LogP contribution in [-0.4, -0.2) is 35.8 Å². The fraction of sp³-hybridized carbons (Fsp3) is 0.667. The van der Waals surface area contributed by atoms with Gasteiger partial charge in [-0.1, -0.05) is 43.2 Å². The third-order valence-corrected chi connectivity index (χ3v) is 7.29. The van der Waals surface area contributed by atoms with Crippen molar-refractivity contribution in [2.45, 2.75) is 76.2 Å². The highest BCUT2D eigenvalue weighted by Gasteiger charge is 2.45. The first kappa shape index (κ1) is 19.5. The van der Waals surface area contributed by atoms with Crippen LogP contribution in [0.2, 0.25) is 0 Å². The van der Waals surface area contributed by atoms with Gasteiger partial charge >= 0.3 is 0 Å². The lowest BCUT2D eigenvalue weighted by Crippen LogP contribution is -2.49. The Morgan fingerprint density at radius 2 is 1.71 bits per heavy atom. The Morgan fingerprint density at radius 3 is 2.32 bits per heavy atom. The van der Waals surface area contributed by atoms with Gasteiger partial charge in [-0.05, 0) is 62.8 Å². The zero-order valence-corrected chi connectivity index (χ0v) is 17.2. The lowest BCUT2D eigenvalue weighted by atomic mass is 9.77. The molecule has 3 fully saturated rings. The molecule has 0 spiro atoms. The van der Waals surface area contributed by atoms with Gasteiger partial charge in [-0.25, -0.2) is 0 Å². The van der Waals surface area contributed by atoms with Crippen LogP contribution in [0.1, 0.15) is 70.3 Å². The average molecular weight is 383 g/mol. The molecule has 1 atom stereocenters. The first-order chi connectivity index (χ1) is 13.6. The minimum Gasteiger partial charge on any atom is -0.353 e. The molecule has 1 aromatic carbocycles. The molecular formula is C24H34N2O2. The summed E-state index contributed by atoms with van der Waals surface area (Å²) in [4.78, 5) is 27.9. The summed E-state index contributed by atoms with van der Waals surface area (Å²) in [7, 11) is 0. The van der Waals surface area contributed by atoms with E-state index in [0.717, 1.165) is 51.6 Å². The highest BCUT2D eigenvalue weighted by Crippen LogP contribution is 2.43. The first-order valence-electron chi connectivity index (χ1n) is 11.2.